The van der Waals surface area contributed by atoms with Crippen molar-refractivity contribution in [3.05, 3.63) is 59.3 Å². The van der Waals surface area contributed by atoms with Crippen LogP contribution in [0.15, 0.2) is 42.6 Å². The van der Waals surface area contributed by atoms with Gasteiger partial charge in [0.1, 0.15) is 5.82 Å². The lowest BCUT2D eigenvalue weighted by Crippen LogP contribution is -2.16. The van der Waals surface area contributed by atoms with E-state index in [2.05, 4.69) is 46.3 Å². The van der Waals surface area contributed by atoms with Crippen molar-refractivity contribution >= 4 is 5.82 Å². The molecule has 0 bridgehead atoms. The molecule has 3 rings (SSSR count). The van der Waals surface area contributed by atoms with Crippen molar-refractivity contribution in [1.82, 2.24) is 4.98 Å². The lowest BCUT2D eigenvalue weighted by atomic mass is 10.1. The monoisotopic (exact) mass is 239 g/mol. The minimum atomic E-state index is 0.677. The maximum atomic E-state index is 5.54. The first-order valence-electron chi connectivity index (χ1n) is 6.33. The molecule has 2 aromatic rings. The first kappa shape index (κ1) is 11.2. The Morgan fingerprint density at radius 1 is 1.06 bits per heavy atom. The lowest BCUT2D eigenvalue weighted by Gasteiger charge is -2.16. The zero-order valence-corrected chi connectivity index (χ0v) is 10.3. The lowest BCUT2D eigenvalue weighted by molar-refractivity contribution is 0.852. The van der Waals surface area contributed by atoms with Crippen LogP contribution in [0.4, 0.5) is 5.82 Å². The average molecular weight is 239 g/mol. The molecule has 1 aromatic heterocycles. The topological polar surface area (TPSA) is 42.1 Å². The fourth-order valence-electron chi connectivity index (χ4n) is 2.41. The number of nitrogens with two attached hydrogens (primary N) is 1. The SMILES string of the molecule is NCCc1ccc(N2Cc3ccccc3C2)nc1. The number of fused-ring (bicyclic) bond motifs is 1. The highest BCUT2D eigenvalue weighted by Gasteiger charge is 2.18. The van der Waals surface area contributed by atoms with Crippen LogP contribution >= 0.6 is 0 Å². The molecule has 0 fully saturated rings. The predicted octanol–water partition coefficient (Wildman–Crippen LogP) is 2.10. The first-order chi connectivity index (χ1) is 8.86. The highest BCUT2D eigenvalue weighted by Crippen LogP contribution is 2.26. The molecule has 3 heteroatoms. The van der Waals surface area contributed by atoms with Gasteiger partial charge < -0.3 is 10.6 Å². The molecule has 1 aromatic carbocycles. The minimum Gasteiger partial charge on any atom is -0.348 e. The number of hydrogen-bond acceptors (Lipinski definition) is 3. The molecule has 1 aliphatic heterocycles. The number of hydrogen-bond donors (Lipinski definition) is 1. The Kier molecular flexibility index (Phi) is 2.99. The van der Waals surface area contributed by atoms with Gasteiger partial charge in [0.2, 0.25) is 0 Å². The van der Waals surface area contributed by atoms with E-state index in [1.165, 1.54) is 16.7 Å². The summed E-state index contributed by atoms with van der Waals surface area (Å²) in [5.41, 5.74) is 9.56. The molecular formula is C15H17N3. The van der Waals surface area contributed by atoms with Crippen molar-refractivity contribution < 1.29 is 0 Å². The molecule has 18 heavy (non-hydrogen) atoms. The second-order valence-corrected chi connectivity index (χ2v) is 4.69. The van der Waals surface area contributed by atoms with Crippen molar-refractivity contribution in [1.29, 1.82) is 0 Å². The second kappa shape index (κ2) is 4.78. The fraction of sp³-hybridized carbons (Fsp3) is 0.267. The van der Waals surface area contributed by atoms with Crippen LogP contribution in [0.2, 0.25) is 0 Å². The molecule has 0 unspecified atom stereocenters. The summed E-state index contributed by atoms with van der Waals surface area (Å²) in [6.45, 7) is 2.59. The molecule has 0 saturated carbocycles. The number of aromatic nitrogens is 1. The largest absolute Gasteiger partial charge is 0.348 e. The quantitative estimate of drug-likeness (QED) is 0.892. The summed E-state index contributed by atoms with van der Waals surface area (Å²) in [7, 11) is 0. The maximum Gasteiger partial charge on any atom is 0.129 e. The molecule has 2 N–H and O–H groups in total. The van der Waals surface area contributed by atoms with E-state index in [-0.39, 0.29) is 0 Å². The summed E-state index contributed by atoms with van der Waals surface area (Å²) >= 11 is 0. The second-order valence-electron chi connectivity index (χ2n) is 4.69. The molecule has 0 spiro atoms. The van der Waals surface area contributed by atoms with E-state index >= 15 is 0 Å². The number of benzene rings is 1. The number of rotatable bonds is 3. The molecule has 0 amide bonds. The fourth-order valence-corrected chi connectivity index (χ4v) is 2.41. The van der Waals surface area contributed by atoms with Gasteiger partial charge in [-0.1, -0.05) is 30.3 Å². The Morgan fingerprint density at radius 2 is 1.78 bits per heavy atom. The number of pyridine rings is 1. The Hall–Kier alpha value is -1.87. The smallest absolute Gasteiger partial charge is 0.129 e. The van der Waals surface area contributed by atoms with E-state index in [0.29, 0.717) is 6.54 Å². The highest BCUT2D eigenvalue weighted by atomic mass is 15.2. The standard InChI is InChI=1S/C15H17N3/c16-8-7-12-5-6-15(17-9-12)18-10-13-3-1-2-4-14(13)11-18/h1-6,9H,7-8,10-11,16H2. The van der Waals surface area contributed by atoms with Gasteiger partial charge in [-0.15, -0.1) is 0 Å². The molecule has 1 aliphatic rings. The van der Waals surface area contributed by atoms with Crippen molar-refractivity contribution in [3.63, 3.8) is 0 Å². The van der Waals surface area contributed by atoms with Crippen molar-refractivity contribution in [2.45, 2.75) is 19.5 Å². The van der Waals surface area contributed by atoms with Gasteiger partial charge in [-0.3, -0.25) is 0 Å². The van der Waals surface area contributed by atoms with E-state index in [4.69, 9.17) is 5.73 Å². The Balaban J connectivity index is 1.78. The maximum absolute atomic E-state index is 5.54. The van der Waals surface area contributed by atoms with E-state index in [1.54, 1.807) is 0 Å². The van der Waals surface area contributed by atoms with Crippen molar-refractivity contribution in [2.24, 2.45) is 5.73 Å². The van der Waals surface area contributed by atoms with Gasteiger partial charge in [0.05, 0.1) is 0 Å². The first-order valence-corrected chi connectivity index (χ1v) is 6.33. The van der Waals surface area contributed by atoms with E-state index < -0.39 is 0 Å². The number of anilines is 1. The third-order valence-electron chi connectivity index (χ3n) is 3.41. The van der Waals surface area contributed by atoms with Gasteiger partial charge in [0.15, 0.2) is 0 Å². The van der Waals surface area contributed by atoms with Crippen LogP contribution in [-0.4, -0.2) is 11.5 Å². The van der Waals surface area contributed by atoms with Crippen LogP contribution in [0.1, 0.15) is 16.7 Å². The van der Waals surface area contributed by atoms with Crippen LogP contribution in [0.25, 0.3) is 0 Å². The summed E-state index contributed by atoms with van der Waals surface area (Å²) < 4.78 is 0. The molecule has 92 valence electrons. The molecule has 3 nitrogen and oxygen atoms in total. The highest BCUT2D eigenvalue weighted by molar-refractivity contribution is 5.47. The van der Waals surface area contributed by atoms with E-state index in [9.17, 15) is 0 Å². The van der Waals surface area contributed by atoms with E-state index in [1.807, 2.05) is 6.20 Å². The zero-order valence-electron chi connectivity index (χ0n) is 10.3. The van der Waals surface area contributed by atoms with Gasteiger partial charge in [-0.25, -0.2) is 4.98 Å². The van der Waals surface area contributed by atoms with Gasteiger partial charge in [-0.2, -0.15) is 0 Å². The summed E-state index contributed by atoms with van der Waals surface area (Å²) in [5, 5.41) is 0. The third kappa shape index (κ3) is 2.09. The Morgan fingerprint density at radius 3 is 2.33 bits per heavy atom. The van der Waals surface area contributed by atoms with Crippen LogP contribution in [0.3, 0.4) is 0 Å². The van der Waals surface area contributed by atoms with Crippen LogP contribution < -0.4 is 10.6 Å². The summed E-state index contributed by atoms with van der Waals surface area (Å²) in [6, 6.07) is 12.8. The van der Waals surface area contributed by atoms with Crippen molar-refractivity contribution in [2.75, 3.05) is 11.4 Å². The third-order valence-corrected chi connectivity index (χ3v) is 3.41. The van der Waals surface area contributed by atoms with Crippen LogP contribution in [-0.2, 0) is 19.5 Å². The summed E-state index contributed by atoms with van der Waals surface area (Å²) in [6.07, 6.45) is 2.83. The molecular weight excluding hydrogens is 222 g/mol. The van der Waals surface area contributed by atoms with E-state index in [0.717, 1.165) is 25.3 Å². The van der Waals surface area contributed by atoms with Crippen LogP contribution in [0.5, 0.6) is 0 Å². The summed E-state index contributed by atoms with van der Waals surface area (Å²) in [4.78, 5) is 6.84. The minimum absolute atomic E-state index is 0.677. The molecule has 0 saturated heterocycles. The van der Waals surface area contributed by atoms with Crippen molar-refractivity contribution in [3.8, 4) is 0 Å². The van der Waals surface area contributed by atoms with Crippen LogP contribution in [0, 0.1) is 0 Å². The predicted molar refractivity (Wildman–Crippen MR) is 73.3 cm³/mol. The molecule has 0 atom stereocenters. The molecule has 0 radical (unpaired) electrons. The summed E-state index contributed by atoms with van der Waals surface area (Å²) in [5.74, 6) is 1.05. The molecule has 2 heterocycles. The zero-order chi connectivity index (χ0) is 12.4. The average Bonchev–Trinajstić information content (AvgIpc) is 2.84. The van der Waals surface area contributed by atoms with Gasteiger partial charge in [-0.05, 0) is 35.7 Å². The normalized spacial score (nSPS) is 13.7. The van der Waals surface area contributed by atoms with Gasteiger partial charge in [0, 0.05) is 19.3 Å². The molecule has 0 aliphatic carbocycles. The Labute approximate surface area is 107 Å². The van der Waals surface area contributed by atoms with Gasteiger partial charge in [0.25, 0.3) is 0 Å². The Bertz CT molecular complexity index is 509. The van der Waals surface area contributed by atoms with Gasteiger partial charge >= 0.3 is 0 Å². The number of nitrogens with zero attached hydrogens (tertiary/aromatic N) is 2.